The van der Waals surface area contributed by atoms with Gasteiger partial charge in [0.05, 0.1) is 11.0 Å². The molecule has 0 unspecified atom stereocenters. The third-order valence-electron chi connectivity index (χ3n) is 10.7. The molecule has 0 aliphatic rings. The van der Waals surface area contributed by atoms with Crippen LogP contribution >= 0.6 is 0 Å². The van der Waals surface area contributed by atoms with E-state index in [1.165, 1.54) is 88.6 Å². The van der Waals surface area contributed by atoms with Gasteiger partial charge in [-0.3, -0.25) is 4.99 Å². The van der Waals surface area contributed by atoms with Crippen molar-refractivity contribution in [3.63, 3.8) is 0 Å². The summed E-state index contributed by atoms with van der Waals surface area (Å²) >= 11 is 0. The molecule has 0 atom stereocenters. The number of benzene rings is 7. The molecule has 280 valence electrons. The molecule has 0 saturated carbocycles. The zero-order chi connectivity index (χ0) is 39.8. The van der Waals surface area contributed by atoms with Crippen LogP contribution in [0.3, 0.4) is 0 Å². The fourth-order valence-electron chi connectivity index (χ4n) is 7.86. The summed E-state index contributed by atoms with van der Waals surface area (Å²) in [6.07, 6.45) is 16.3. The van der Waals surface area contributed by atoms with Crippen molar-refractivity contribution in [1.29, 1.82) is 0 Å². The first-order valence-corrected chi connectivity index (χ1v) is 19.8. The summed E-state index contributed by atoms with van der Waals surface area (Å²) in [5.41, 5.74) is 17.9. The average Bonchev–Trinajstić information content (AvgIpc) is 3.60. The van der Waals surface area contributed by atoms with Gasteiger partial charge in [-0.05, 0) is 142 Å². The van der Waals surface area contributed by atoms with Gasteiger partial charge in [0.25, 0.3) is 0 Å². The van der Waals surface area contributed by atoms with Crippen LogP contribution in [0.5, 0.6) is 0 Å². The number of rotatable bonds is 12. The van der Waals surface area contributed by atoms with Gasteiger partial charge in [0.1, 0.15) is 0 Å². The molecule has 2 nitrogen and oxygen atoms in total. The Kier molecular flexibility index (Phi) is 11.2. The Morgan fingerprint density at radius 1 is 0.534 bits per heavy atom. The summed E-state index contributed by atoms with van der Waals surface area (Å²) in [7, 11) is 0. The van der Waals surface area contributed by atoms with Crippen molar-refractivity contribution in [3.05, 3.63) is 225 Å². The SMILES string of the molecule is C=CC=N/C=C\Cc1cc(-c2cccc(-c3cccc(-c4cccc(-c5cccc(-c6ccc7c(c6)c6ccccc6n7C(/C=C\C)=C/C=C)c5)c4)c3)c2)ccc1C. The van der Waals surface area contributed by atoms with E-state index in [-0.39, 0.29) is 0 Å². The molecule has 7 aromatic carbocycles. The van der Waals surface area contributed by atoms with E-state index in [1.807, 2.05) is 12.3 Å². The summed E-state index contributed by atoms with van der Waals surface area (Å²) in [6.45, 7) is 11.9. The molecule has 0 fully saturated rings. The quantitative estimate of drug-likeness (QED) is 0.0875. The highest BCUT2D eigenvalue weighted by Crippen LogP contribution is 2.37. The summed E-state index contributed by atoms with van der Waals surface area (Å²) < 4.78 is 2.33. The molecule has 0 radical (unpaired) electrons. The number of fused-ring (bicyclic) bond motifs is 3. The summed E-state index contributed by atoms with van der Waals surface area (Å²) in [5.74, 6) is 0. The Bertz CT molecular complexity index is 2930. The monoisotopic (exact) mass is 746 g/mol. The molecule has 1 heterocycles. The van der Waals surface area contributed by atoms with Crippen molar-refractivity contribution < 1.29 is 0 Å². The van der Waals surface area contributed by atoms with Crippen LogP contribution in [0.2, 0.25) is 0 Å². The lowest BCUT2D eigenvalue weighted by Crippen LogP contribution is -1.94. The minimum absolute atomic E-state index is 0.827. The zero-order valence-electron chi connectivity index (χ0n) is 33.1. The largest absolute Gasteiger partial charge is 0.309 e. The van der Waals surface area contributed by atoms with Gasteiger partial charge >= 0.3 is 0 Å². The standard InChI is InChI=1S/C56H46N2/c1-5-15-52(16-6-2)58-55-27-9-8-26-53(55)54-39-51(30-31-56(54)58)49-24-13-22-47(38-49)45-20-11-18-43(36-45)42-17-10-19-44(35-42)46-21-12-23-48(37-46)50-29-28-40(4)41(34-50)25-14-33-57-32-7-3/h5-24,26-39H,1,3,25H2,2,4H3/b16-6-,33-14-,52-15+,57-32?. The molecule has 0 bridgehead atoms. The number of allylic oxidation sites excluding steroid dienone is 7. The van der Waals surface area contributed by atoms with Gasteiger partial charge in [0.15, 0.2) is 0 Å². The number of aromatic nitrogens is 1. The lowest BCUT2D eigenvalue weighted by Gasteiger charge is -2.12. The first kappa shape index (κ1) is 37.6. The normalized spacial score (nSPS) is 12.1. The van der Waals surface area contributed by atoms with Gasteiger partial charge in [0.2, 0.25) is 0 Å². The van der Waals surface area contributed by atoms with Gasteiger partial charge < -0.3 is 4.57 Å². The summed E-state index contributed by atoms with van der Waals surface area (Å²) in [6, 6.07) is 57.7. The Morgan fingerprint density at radius 2 is 1.03 bits per heavy atom. The highest BCUT2D eigenvalue weighted by molar-refractivity contribution is 6.11. The fraction of sp³-hybridized carbons (Fsp3) is 0.0536. The van der Waals surface area contributed by atoms with Crippen molar-refractivity contribution in [1.82, 2.24) is 4.57 Å². The predicted octanol–water partition coefficient (Wildman–Crippen LogP) is 15.4. The van der Waals surface area contributed by atoms with Gasteiger partial charge in [-0.15, -0.1) is 0 Å². The van der Waals surface area contributed by atoms with Gasteiger partial charge in [-0.2, -0.15) is 0 Å². The number of para-hydroxylation sites is 1. The maximum absolute atomic E-state index is 4.22. The minimum Gasteiger partial charge on any atom is -0.309 e. The van der Waals surface area contributed by atoms with Crippen molar-refractivity contribution in [2.75, 3.05) is 0 Å². The molecule has 0 saturated heterocycles. The van der Waals surface area contributed by atoms with Crippen LogP contribution in [0.4, 0.5) is 0 Å². The van der Waals surface area contributed by atoms with Gasteiger partial charge in [-0.25, -0.2) is 0 Å². The number of aryl methyl sites for hydroxylation is 1. The van der Waals surface area contributed by atoms with E-state index in [1.54, 1.807) is 12.3 Å². The van der Waals surface area contributed by atoms with E-state index < -0.39 is 0 Å². The molecule has 0 spiro atoms. The fourth-order valence-corrected chi connectivity index (χ4v) is 7.86. The number of aliphatic imine (C=N–C) groups is 1. The minimum atomic E-state index is 0.827. The van der Waals surface area contributed by atoms with E-state index in [0.717, 1.165) is 12.1 Å². The maximum atomic E-state index is 4.22. The maximum Gasteiger partial charge on any atom is 0.0541 e. The van der Waals surface area contributed by atoms with Crippen LogP contribution < -0.4 is 0 Å². The lowest BCUT2D eigenvalue weighted by molar-refractivity contribution is 1.21. The molecular formula is C56H46N2. The molecule has 2 heteroatoms. The Labute approximate surface area is 342 Å². The van der Waals surface area contributed by atoms with Crippen LogP contribution in [0.1, 0.15) is 18.1 Å². The highest BCUT2D eigenvalue weighted by atomic mass is 15.0. The third kappa shape index (κ3) is 7.87. The first-order valence-electron chi connectivity index (χ1n) is 19.8. The second kappa shape index (κ2) is 17.2. The van der Waals surface area contributed by atoms with E-state index in [9.17, 15) is 0 Å². The number of nitrogens with zero attached hydrogens (tertiary/aromatic N) is 2. The predicted molar refractivity (Wildman–Crippen MR) is 252 cm³/mol. The van der Waals surface area contributed by atoms with Crippen molar-refractivity contribution in [3.8, 4) is 55.6 Å². The second-order valence-corrected chi connectivity index (χ2v) is 14.5. The highest BCUT2D eigenvalue weighted by Gasteiger charge is 2.14. The molecule has 8 rings (SSSR count). The summed E-state index contributed by atoms with van der Waals surface area (Å²) in [4.78, 5) is 4.22. The smallest absolute Gasteiger partial charge is 0.0541 e. The van der Waals surface area contributed by atoms with Crippen LogP contribution in [0.25, 0.3) is 83.1 Å². The van der Waals surface area contributed by atoms with Crippen molar-refractivity contribution >= 4 is 33.7 Å². The van der Waals surface area contributed by atoms with Crippen LogP contribution in [0.15, 0.2) is 219 Å². The average molecular weight is 747 g/mol. The molecule has 8 aromatic rings. The number of hydrogen-bond donors (Lipinski definition) is 0. The third-order valence-corrected chi connectivity index (χ3v) is 10.7. The van der Waals surface area contributed by atoms with E-state index in [4.69, 9.17) is 0 Å². The van der Waals surface area contributed by atoms with E-state index in [0.29, 0.717) is 0 Å². The molecule has 1 aromatic heterocycles. The summed E-state index contributed by atoms with van der Waals surface area (Å²) in [5, 5.41) is 2.46. The van der Waals surface area contributed by atoms with Gasteiger partial charge in [-0.1, -0.05) is 153 Å². The zero-order valence-corrected chi connectivity index (χ0v) is 33.1. The Hall–Kier alpha value is -7.29. The molecular weight excluding hydrogens is 701 g/mol. The topological polar surface area (TPSA) is 17.3 Å². The lowest BCUT2D eigenvalue weighted by atomic mass is 9.93. The van der Waals surface area contributed by atoms with Gasteiger partial charge in [0, 0.05) is 28.9 Å². The number of hydrogen-bond acceptors (Lipinski definition) is 1. The van der Waals surface area contributed by atoms with Crippen molar-refractivity contribution in [2.24, 2.45) is 4.99 Å². The van der Waals surface area contributed by atoms with Crippen LogP contribution in [-0.2, 0) is 6.42 Å². The van der Waals surface area contributed by atoms with E-state index >= 15 is 0 Å². The molecule has 0 aliphatic carbocycles. The Morgan fingerprint density at radius 3 is 1.57 bits per heavy atom. The van der Waals surface area contributed by atoms with Crippen LogP contribution in [-0.4, -0.2) is 10.8 Å². The molecule has 0 N–H and O–H groups in total. The molecule has 0 aliphatic heterocycles. The molecule has 58 heavy (non-hydrogen) atoms. The van der Waals surface area contributed by atoms with Crippen LogP contribution in [0, 0.1) is 6.92 Å². The second-order valence-electron chi connectivity index (χ2n) is 14.5. The first-order chi connectivity index (χ1) is 28.5. The van der Waals surface area contributed by atoms with E-state index in [2.05, 4.69) is 219 Å². The molecule has 0 amide bonds. The Balaban J connectivity index is 1.08. The van der Waals surface area contributed by atoms with Crippen molar-refractivity contribution in [2.45, 2.75) is 20.3 Å².